The number of nitrogen functional groups attached to an aromatic ring is 1. The standard InChI is InChI=1S/C14H15ClN2/c1-8-11(15)7-6-10-13(16)9-4-2-3-5-12(9)17-14(8)10/h6-7H,2-5H2,1H3,(H2,16,17). The number of aromatic nitrogens is 1. The molecule has 2 N–H and O–H groups in total. The molecule has 3 heteroatoms. The highest BCUT2D eigenvalue weighted by Gasteiger charge is 2.17. The van der Waals surface area contributed by atoms with Gasteiger partial charge in [-0.2, -0.15) is 0 Å². The third-order valence-corrected chi connectivity index (χ3v) is 4.08. The van der Waals surface area contributed by atoms with Crippen LogP contribution in [0.5, 0.6) is 0 Å². The molecule has 2 aromatic rings. The van der Waals surface area contributed by atoms with Gasteiger partial charge in [0.1, 0.15) is 0 Å². The minimum absolute atomic E-state index is 0.764. The zero-order chi connectivity index (χ0) is 12.0. The van der Waals surface area contributed by atoms with Gasteiger partial charge in [0.05, 0.1) is 5.52 Å². The number of pyridine rings is 1. The maximum Gasteiger partial charge on any atom is 0.0770 e. The third-order valence-electron chi connectivity index (χ3n) is 3.67. The molecule has 0 atom stereocenters. The number of hydrogen-bond acceptors (Lipinski definition) is 2. The normalized spacial score (nSPS) is 14.9. The van der Waals surface area contributed by atoms with E-state index in [1.807, 2.05) is 19.1 Å². The van der Waals surface area contributed by atoms with E-state index in [4.69, 9.17) is 22.3 Å². The van der Waals surface area contributed by atoms with Gasteiger partial charge in [0, 0.05) is 21.8 Å². The second-order valence-electron chi connectivity index (χ2n) is 4.73. The highest BCUT2D eigenvalue weighted by molar-refractivity contribution is 6.32. The first kappa shape index (κ1) is 10.8. The second kappa shape index (κ2) is 3.88. The smallest absolute Gasteiger partial charge is 0.0770 e. The van der Waals surface area contributed by atoms with Gasteiger partial charge in [-0.1, -0.05) is 11.6 Å². The minimum Gasteiger partial charge on any atom is -0.398 e. The van der Waals surface area contributed by atoms with Gasteiger partial charge >= 0.3 is 0 Å². The molecular weight excluding hydrogens is 232 g/mol. The Balaban J connectivity index is 2.40. The lowest BCUT2D eigenvalue weighted by atomic mass is 9.92. The van der Waals surface area contributed by atoms with Crippen molar-refractivity contribution in [2.45, 2.75) is 32.6 Å². The third kappa shape index (κ3) is 1.59. The number of anilines is 1. The van der Waals surface area contributed by atoms with Gasteiger partial charge < -0.3 is 5.73 Å². The van der Waals surface area contributed by atoms with E-state index < -0.39 is 0 Å². The summed E-state index contributed by atoms with van der Waals surface area (Å²) >= 11 is 6.14. The molecule has 1 aromatic carbocycles. The van der Waals surface area contributed by atoms with Crippen LogP contribution in [0.25, 0.3) is 10.9 Å². The summed E-state index contributed by atoms with van der Waals surface area (Å²) in [6, 6.07) is 3.90. The van der Waals surface area contributed by atoms with Gasteiger partial charge in [-0.3, -0.25) is 4.98 Å². The monoisotopic (exact) mass is 246 g/mol. The predicted octanol–water partition coefficient (Wildman–Crippen LogP) is 3.66. The quantitative estimate of drug-likeness (QED) is 0.771. The van der Waals surface area contributed by atoms with Crippen LogP contribution in [0.3, 0.4) is 0 Å². The zero-order valence-corrected chi connectivity index (χ0v) is 10.6. The second-order valence-corrected chi connectivity index (χ2v) is 5.13. The summed E-state index contributed by atoms with van der Waals surface area (Å²) in [5.74, 6) is 0. The van der Waals surface area contributed by atoms with Crippen molar-refractivity contribution in [2.24, 2.45) is 0 Å². The van der Waals surface area contributed by atoms with Gasteiger partial charge in [-0.05, 0) is 55.9 Å². The van der Waals surface area contributed by atoms with Gasteiger partial charge in [-0.25, -0.2) is 0 Å². The van der Waals surface area contributed by atoms with Crippen LogP contribution in [0.1, 0.15) is 29.7 Å². The number of rotatable bonds is 0. The van der Waals surface area contributed by atoms with Crippen molar-refractivity contribution in [3.8, 4) is 0 Å². The van der Waals surface area contributed by atoms with Crippen molar-refractivity contribution in [3.63, 3.8) is 0 Å². The van der Waals surface area contributed by atoms with E-state index >= 15 is 0 Å². The van der Waals surface area contributed by atoms with Gasteiger partial charge in [-0.15, -0.1) is 0 Å². The van der Waals surface area contributed by atoms with Crippen molar-refractivity contribution in [2.75, 3.05) is 5.73 Å². The molecule has 0 radical (unpaired) electrons. The van der Waals surface area contributed by atoms with Gasteiger partial charge in [0.25, 0.3) is 0 Å². The fourth-order valence-electron chi connectivity index (χ4n) is 2.64. The molecule has 0 unspecified atom stereocenters. The molecular formula is C14H15ClN2. The number of hydrogen-bond donors (Lipinski definition) is 1. The van der Waals surface area contributed by atoms with Crippen LogP contribution < -0.4 is 5.73 Å². The Kier molecular flexibility index (Phi) is 2.48. The molecule has 0 saturated carbocycles. The summed E-state index contributed by atoms with van der Waals surface area (Å²) in [4.78, 5) is 4.77. The van der Waals surface area contributed by atoms with E-state index in [9.17, 15) is 0 Å². The Hall–Kier alpha value is -1.28. The Morgan fingerprint density at radius 3 is 2.82 bits per heavy atom. The lowest BCUT2D eigenvalue weighted by Crippen LogP contribution is -2.09. The van der Waals surface area contributed by atoms with Crippen LogP contribution in [0.2, 0.25) is 5.02 Å². The fourth-order valence-corrected chi connectivity index (χ4v) is 2.79. The molecule has 88 valence electrons. The molecule has 1 heterocycles. The highest BCUT2D eigenvalue weighted by Crippen LogP contribution is 2.34. The lowest BCUT2D eigenvalue weighted by Gasteiger charge is -2.19. The van der Waals surface area contributed by atoms with E-state index in [0.29, 0.717) is 0 Å². The van der Waals surface area contributed by atoms with Crippen molar-refractivity contribution in [1.82, 2.24) is 4.98 Å². The molecule has 0 aliphatic heterocycles. The number of aryl methyl sites for hydroxylation is 2. The summed E-state index contributed by atoms with van der Waals surface area (Å²) in [7, 11) is 0. The summed E-state index contributed by atoms with van der Waals surface area (Å²) in [5.41, 5.74) is 11.6. The number of benzene rings is 1. The average Bonchev–Trinajstić information content (AvgIpc) is 2.35. The SMILES string of the molecule is Cc1c(Cl)ccc2c(N)c3c(nc12)CCCC3. The van der Waals surface area contributed by atoms with Crippen LogP contribution in [0.4, 0.5) is 5.69 Å². The van der Waals surface area contributed by atoms with Gasteiger partial charge in [0.2, 0.25) is 0 Å². The largest absolute Gasteiger partial charge is 0.398 e. The first-order valence-corrected chi connectivity index (χ1v) is 6.42. The molecule has 1 aliphatic rings. The van der Waals surface area contributed by atoms with Crippen molar-refractivity contribution >= 4 is 28.2 Å². The maximum atomic E-state index is 6.28. The lowest BCUT2D eigenvalue weighted by molar-refractivity contribution is 0.673. The summed E-state index contributed by atoms with van der Waals surface area (Å²) in [6.45, 7) is 2.01. The topological polar surface area (TPSA) is 38.9 Å². The fraction of sp³-hybridized carbons (Fsp3) is 0.357. The van der Waals surface area contributed by atoms with E-state index in [1.165, 1.54) is 24.1 Å². The number of fused-ring (bicyclic) bond motifs is 2. The van der Waals surface area contributed by atoms with E-state index in [1.54, 1.807) is 0 Å². The van der Waals surface area contributed by atoms with E-state index in [0.717, 1.165) is 40.0 Å². The minimum atomic E-state index is 0.764. The summed E-state index contributed by atoms with van der Waals surface area (Å²) in [5, 5.41) is 1.81. The van der Waals surface area contributed by atoms with Crippen LogP contribution in [-0.4, -0.2) is 4.98 Å². The average molecular weight is 247 g/mol. The van der Waals surface area contributed by atoms with Gasteiger partial charge in [0.15, 0.2) is 0 Å². The molecule has 0 spiro atoms. The summed E-state index contributed by atoms with van der Waals surface area (Å²) < 4.78 is 0. The Morgan fingerprint density at radius 2 is 2.00 bits per heavy atom. The molecule has 3 rings (SSSR count). The number of nitrogens with zero attached hydrogens (tertiary/aromatic N) is 1. The van der Waals surface area contributed by atoms with E-state index in [2.05, 4.69) is 0 Å². The van der Waals surface area contributed by atoms with Crippen LogP contribution in [-0.2, 0) is 12.8 Å². The molecule has 0 amide bonds. The van der Waals surface area contributed by atoms with Crippen molar-refractivity contribution in [3.05, 3.63) is 34.0 Å². The van der Waals surface area contributed by atoms with Crippen LogP contribution in [0, 0.1) is 6.92 Å². The molecule has 0 bridgehead atoms. The first-order valence-electron chi connectivity index (χ1n) is 6.04. The molecule has 1 aliphatic carbocycles. The molecule has 0 fully saturated rings. The molecule has 17 heavy (non-hydrogen) atoms. The Labute approximate surface area is 106 Å². The maximum absolute atomic E-state index is 6.28. The van der Waals surface area contributed by atoms with Crippen LogP contribution in [0.15, 0.2) is 12.1 Å². The van der Waals surface area contributed by atoms with Crippen molar-refractivity contribution in [1.29, 1.82) is 0 Å². The Bertz CT molecular complexity index is 605. The number of halogens is 1. The zero-order valence-electron chi connectivity index (χ0n) is 9.89. The Morgan fingerprint density at radius 1 is 1.24 bits per heavy atom. The molecule has 0 saturated heterocycles. The first-order chi connectivity index (χ1) is 8.18. The van der Waals surface area contributed by atoms with Crippen molar-refractivity contribution < 1.29 is 0 Å². The molecule has 1 aromatic heterocycles. The molecule has 2 nitrogen and oxygen atoms in total. The summed E-state index contributed by atoms with van der Waals surface area (Å²) in [6.07, 6.45) is 4.54. The predicted molar refractivity (Wildman–Crippen MR) is 72.5 cm³/mol. The number of nitrogens with two attached hydrogens (primary N) is 1. The highest BCUT2D eigenvalue weighted by atomic mass is 35.5. The van der Waals surface area contributed by atoms with Crippen LogP contribution >= 0.6 is 11.6 Å². The van der Waals surface area contributed by atoms with E-state index in [-0.39, 0.29) is 0 Å².